The van der Waals surface area contributed by atoms with Crippen molar-refractivity contribution in [2.24, 2.45) is 0 Å². The average molecular weight is 473 g/mol. The molecule has 0 radical (unpaired) electrons. The molecule has 0 atom stereocenters. The van der Waals surface area contributed by atoms with Crippen LogP contribution in [0.2, 0.25) is 0 Å². The number of anilines is 2. The Morgan fingerprint density at radius 2 is 1.29 bits per heavy atom. The lowest BCUT2D eigenvalue weighted by Gasteiger charge is -2.40. The van der Waals surface area contributed by atoms with Crippen LogP contribution in [0.3, 0.4) is 0 Å². The van der Waals surface area contributed by atoms with Crippen LogP contribution in [0.4, 0.5) is 11.4 Å². The number of para-hydroxylation sites is 1. The van der Waals surface area contributed by atoms with Crippen LogP contribution in [-0.4, -0.2) is 29.8 Å². The van der Waals surface area contributed by atoms with Crippen LogP contribution in [0.15, 0.2) is 84.9 Å². The minimum absolute atomic E-state index is 0.109. The van der Waals surface area contributed by atoms with Gasteiger partial charge in [0, 0.05) is 42.6 Å². The zero-order chi connectivity index (χ0) is 25.5. The molecule has 0 aromatic heterocycles. The molecule has 3 aromatic carbocycles. The Hall–Kier alpha value is -2.91. The number of carbonyl (C=O) groups excluding carboxylic acids is 1. The molecular weight excluding hydrogens is 428 g/mol. The lowest BCUT2D eigenvalue weighted by molar-refractivity contribution is 0.101. The summed E-state index contributed by atoms with van der Waals surface area (Å²) >= 11 is 0. The molecule has 1 heterocycles. The Bertz CT molecular complexity index is 961. The number of piperidine rings is 1. The molecule has 35 heavy (non-hydrogen) atoms. The van der Waals surface area contributed by atoms with Gasteiger partial charge >= 0.3 is 0 Å². The highest BCUT2D eigenvalue weighted by molar-refractivity contribution is 5.95. The molecule has 0 saturated carbocycles. The number of likely N-dealkylation sites (tertiary alicyclic amines) is 1. The second-order valence-corrected chi connectivity index (χ2v) is 9.22. The maximum Gasteiger partial charge on any atom is 0.159 e. The molecular formula is C32H44N2O. The van der Waals surface area contributed by atoms with Crippen molar-refractivity contribution < 1.29 is 4.79 Å². The second kappa shape index (κ2) is 15.9. The van der Waals surface area contributed by atoms with E-state index >= 15 is 0 Å². The summed E-state index contributed by atoms with van der Waals surface area (Å²) in [6.45, 7) is 13.3. The van der Waals surface area contributed by atoms with Gasteiger partial charge in [-0.2, -0.15) is 0 Å². The van der Waals surface area contributed by atoms with Gasteiger partial charge in [-0.15, -0.1) is 0 Å². The summed E-state index contributed by atoms with van der Waals surface area (Å²) in [5, 5.41) is 0. The first-order valence-corrected chi connectivity index (χ1v) is 13.2. The van der Waals surface area contributed by atoms with E-state index in [4.69, 9.17) is 0 Å². The number of rotatable bonds is 6. The van der Waals surface area contributed by atoms with Crippen molar-refractivity contribution in [2.75, 3.05) is 18.0 Å². The van der Waals surface area contributed by atoms with Gasteiger partial charge in [-0.05, 0) is 49.6 Å². The molecule has 0 bridgehead atoms. The lowest BCUT2D eigenvalue weighted by atomic mass is 9.99. The van der Waals surface area contributed by atoms with E-state index in [1.807, 2.05) is 18.2 Å². The summed E-state index contributed by atoms with van der Waals surface area (Å²) in [5.74, 6) is 0.109. The number of nitrogens with zero attached hydrogens (tertiary/aromatic N) is 2. The number of ketones is 1. The van der Waals surface area contributed by atoms with Crippen molar-refractivity contribution in [1.82, 2.24) is 4.90 Å². The predicted molar refractivity (Wildman–Crippen MR) is 152 cm³/mol. The van der Waals surface area contributed by atoms with Crippen LogP contribution in [0.5, 0.6) is 0 Å². The van der Waals surface area contributed by atoms with E-state index in [0.717, 1.165) is 43.7 Å². The quantitative estimate of drug-likeness (QED) is 0.336. The van der Waals surface area contributed by atoms with Gasteiger partial charge in [-0.25, -0.2) is 0 Å². The fourth-order valence-electron chi connectivity index (χ4n) is 4.21. The van der Waals surface area contributed by atoms with Gasteiger partial charge in [0.1, 0.15) is 0 Å². The Labute approximate surface area is 213 Å². The highest BCUT2D eigenvalue weighted by Crippen LogP contribution is 2.32. The molecule has 0 aliphatic carbocycles. The van der Waals surface area contributed by atoms with Crippen LogP contribution in [0.1, 0.15) is 76.2 Å². The summed E-state index contributed by atoms with van der Waals surface area (Å²) in [6.07, 6.45) is 4.71. The number of hydrogen-bond acceptors (Lipinski definition) is 3. The van der Waals surface area contributed by atoms with Gasteiger partial charge < -0.3 is 4.90 Å². The second-order valence-electron chi connectivity index (χ2n) is 9.22. The molecule has 3 nitrogen and oxygen atoms in total. The molecule has 0 N–H and O–H groups in total. The fraction of sp³-hybridized carbons (Fsp3) is 0.406. The van der Waals surface area contributed by atoms with Crippen LogP contribution in [0, 0.1) is 0 Å². The van der Waals surface area contributed by atoms with Crippen LogP contribution in [0.25, 0.3) is 0 Å². The van der Waals surface area contributed by atoms with Gasteiger partial charge in [0.05, 0.1) is 0 Å². The third-order valence-electron chi connectivity index (χ3n) is 5.74. The van der Waals surface area contributed by atoms with Crippen LogP contribution < -0.4 is 4.90 Å². The zero-order valence-corrected chi connectivity index (χ0v) is 22.4. The summed E-state index contributed by atoms with van der Waals surface area (Å²) < 4.78 is 0. The summed E-state index contributed by atoms with van der Waals surface area (Å²) in [4.78, 5) is 16.9. The third kappa shape index (κ3) is 9.33. The Morgan fingerprint density at radius 1 is 0.771 bits per heavy atom. The van der Waals surface area contributed by atoms with Crippen LogP contribution >= 0.6 is 0 Å². The van der Waals surface area contributed by atoms with Crippen molar-refractivity contribution in [3.05, 3.63) is 96.1 Å². The first-order chi connectivity index (χ1) is 17.0. The van der Waals surface area contributed by atoms with Gasteiger partial charge in [0.15, 0.2) is 5.78 Å². The smallest absolute Gasteiger partial charge is 0.159 e. The van der Waals surface area contributed by atoms with Crippen LogP contribution in [-0.2, 0) is 6.54 Å². The largest absolute Gasteiger partial charge is 0.338 e. The van der Waals surface area contributed by atoms with Crippen molar-refractivity contribution in [3.8, 4) is 0 Å². The van der Waals surface area contributed by atoms with Gasteiger partial charge in [-0.3, -0.25) is 9.69 Å². The Balaban J connectivity index is 0.000000655. The lowest BCUT2D eigenvalue weighted by Crippen LogP contribution is -2.42. The average Bonchev–Trinajstić information content (AvgIpc) is 2.88. The SMILES string of the molecule is CC(=O)c1cccc(N(c2ccccc2)C2CCN(Cc3ccccc3)CC2)c1.CCC.CCC. The predicted octanol–water partition coefficient (Wildman–Crippen LogP) is 8.52. The van der Waals surface area contributed by atoms with Crippen molar-refractivity contribution >= 4 is 17.2 Å². The molecule has 188 valence electrons. The topological polar surface area (TPSA) is 23.6 Å². The molecule has 1 aliphatic rings. The highest BCUT2D eigenvalue weighted by Gasteiger charge is 2.26. The van der Waals surface area contributed by atoms with E-state index in [9.17, 15) is 4.79 Å². The molecule has 0 amide bonds. The third-order valence-corrected chi connectivity index (χ3v) is 5.74. The van der Waals surface area contributed by atoms with Gasteiger partial charge in [0.25, 0.3) is 0 Å². The summed E-state index contributed by atoms with van der Waals surface area (Å²) in [5.41, 5.74) is 4.44. The van der Waals surface area contributed by atoms with Crippen molar-refractivity contribution in [3.63, 3.8) is 0 Å². The molecule has 1 fully saturated rings. The molecule has 0 spiro atoms. The minimum Gasteiger partial charge on any atom is -0.338 e. The highest BCUT2D eigenvalue weighted by atomic mass is 16.1. The maximum atomic E-state index is 11.9. The number of carbonyl (C=O) groups is 1. The first-order valence-electron chi connectivity index (χ1n) is 13.2. The normalized spacial score (nSPS) is 13.6. The van der Waals surface area contributed by atoms with Crippen molar-refractivity contribution in [2.45, 2.75) is 72.9 Å². The minimum atomic E-state index is 0.109. The summed E-state index contributed by atoms with van der Waals surface area (Å²) in [7, 11) is 0. The molecule has 1 saturated heterocycles. The molecule has 3 heteroatoms. The molecule has 1 aliphatic heterocycles. The molecule has 3 aromatic rings. The molecule has 0 unspecified atom stereocenters. The number of benzene rings is 3. The Morgan fingerprint density at radius 3 is 1.83 bits per heavy atom. The standard InChI is InChI=1S/C26H28N2O.2C3H8/c1-21(29)23-11-8-14-26(19-23)28(24-12-6-3-7-13-24)25-15-17-27(18-16-25)20-22-9-4-2-5-10-22;2*1-3-2/h2-14,19,25H,15-18,20H2,1H3;2*3H2,1-2H3. The van der Waals surface area contributed by atoms with E-state index in [2.05, 4.69) is 104 Å². The zero-order valence-electron chi connectivity index (χ0n) is 22.4. The summed E-state index contributed by atoms with van der Waals surface area (Å²) in [6, 6.07) is 29.7. The Kier molecular flexibility index (Phi) is 12.9. The number of Topliss-reactive ketones (excluding diaryl/α,β-unsaturated/α-hetero) is 1. The van der Waals surface area contributed by atoms with Gasteiger partial charge in [-0.1, -0.05) is 101 Å². The molecule has 4 rings (SSSR count). The first kappa shape index (κ1) is 28.3. The van der Waals surface area contributed by atoms with E-state index in [0.29, 0.717) is 6.04 Å². The number of hydrogen-bond donors (Lipinski definition) is 0. The van der Waals surface area contributed by atoms with Crippen molar-refractivity contribution in [1.29, 1.82) is 0 Å². The van der Waals surface area contributed by atoms with E-state index < -0.39 is 0 Å². The fourth-order valence-corrected chi connectivity index (χ4v) is 4.21. The van der Waals surface area contributed by atoms with Gasteiger partial charge in [0.2, 0.25) is 0 Å². The maximum absolute atomic E-state index is 11.9. The van der Waals surface area contributed by atoms with E-state index in [1.54, 1.807) is 6.92 Å². The van der Waals surface area contributed by atoms with E-state index in [1.165, 1.54) is 24.1 Å². The monoisotopic (exact) mass is 472 g/mol. The van der Waals surface area contributed by atoms with E-state index in [-0.39, 0.29) is 5.78 Å².